The van der Waals surface area contributed by atoms with Gasteiger partial charge in [0, 0.05) is 11.9 Å². The Hall–Kier alpha value is -1.73. The van der Waals surface area contributed by atoms with Gasteiger partial charge in [-0.3, -0.25) is 4.79 Å². The molecule has 1 atom stereocenters. The van der Waals surface area contributed by atoms with Crippen LogP contribution in [-0.4, -0.2) is 45.3 Å². The van der Waals surface area contributed by atoms with E-state index in [-0.39, 0.29) is 18.6 Å². The minimum absolute atomic E-state index is 0.00363. The van der Waals surface area contributed by atoms with E-state index < -0.39 is 0 Å². The number of fused-ring (bicyclic) bond motifs is 1. The van der Waals surface area contributed by atoms with Gasteiger partial charge < -0.3 is 15.7 Å². The molecule has 3 N–H and O–H groups in total. The van der Waals surface area contributed by atoms with Crippen molar-refractivity contribution in [1.82, 2.24) is 15.1 Å². The van der Waals surface area contributed by atoms with Gasteiger partial charge in [-0.05, 0) is 25.3 Å². The summed E-state index contributed by atoms with van der Waals surface area (Å²) in [5.74, 6) is -0.107. The van der Waals surface area contributed by atoms with E-state index in [1.165, 1.54) is 11.3 Å². The van der Waals surface area contributed by atoms with Gasteiger partial charge in [-0.1, -0.05) is 0 Å². The molecule has 1 unspecified atom stereocenters. The lowest BCUT2D eigenvalue weighted by molar-refractivity contribution is 0.0509. The van der Waals surface area contributed by atoms with Gasteiger partial charge >= 0.3 is 0 Å². The second-order valence-corrected chi connectivity index (χ2v) is 5.92. The monoisotopic (exact) mass is 292 g/mol. The summed E-state index contributed by atoms with van der Waals surface area (Å²) in [6.45, 7) is 0.666. The van der Waals surface area contributed by atoms with E-state index in [2.05, 4.69) is 10.2 Å². The van der Waals surface area contributed by atoms with Crippen LogP contribution >= 0.6 is 11.3 Å². The summed E-state index contributed by atoms with van der Waals surface area (Å²) >= 11 is 1.27. The Labute approximate surface area is 120 Å². The summed E-state index contributed by atoms with van der Waals surface area (Å²) in [4.78, 5) is 15.6. The first kappa shape index (κ1) is 13.3. The number of hydrogen-bond donors (Lipinski definition) is 2. The van der Waals surface area contributed by atoms with Gasteiger partial charge in [-0.2, -0.15) is 5.10 Å². The lowest BCUT2D eigenvalue weighted by atomic mass is 10.0. The van der Waals surface area contributed by atoms with Crippen LogP contribution in [0.4, 0.5) is 5.69 Å². The molecule has 0 radical (unpaired) electrons. The maximum absolute atomic E-state index is 12.7. The van der Waals surface area contributed by atoms with E-state index in [1.54, 1.807) is 17.2 Å². The molecule has 0 saturated carbocycles. The smallest absolute Gasteiger partial charge is 0.266 e. The first-order valence-corrected chi connectivity index (χ1v) is 7.45. The van der Waals surface area contributed by atoms with Crippen molar-refractivity contribution in [3.8, 4) is 0 Å². The number of aromatic nitrogens is 2. The predicted octanol–water partition coefficient (Wildman–Crippen LogP) is 1.26. The molecule has 1 aliphatic heterocycles. The molecule has 1 aliphatic rings. The first-order chi connectivity index (χ1) is 9.72. The van der Waals surface area contributed by atoms with Crippen molar-refractivity contribution >= 4 is 33.1 Å². The Morgan fingerprint density at radius 3 is 3.15 bits per heavy atom. The number of hydrogen-bond acceptors (Lipinski definition) is 6. The third-order valence-corrected chi connectivity index (χ3v) is 4.81. The minimum Gasteiger partial charge on any atom is -0.397 e. The molecule has 106 valence electrons. The van der Waals surface area contributed by atoms with Gasteiger partial charge in [0.2, 0.25) is 0 Å². The lowest BCUT2D eigenvalue weighted by Crippen LogP contribution is -2.45. The number of rotatable bonds is 2. The molecule has 2 aromatic rings. The van der Waals surface area contributed by atoms with Crippen LogP contribution in [0.15, 0.2) is 12.3 Å². The molecular weight excluding hydrogens is 276 g/mol. The van der Waals surface area contributed by atoms with Crippen molar-refractivity contribution in [3.05, 3.63) is 17.1 Å². The molecule has 20 heavy (non-hydrogen) atoms. The summed E-state index contributed by atoms with van der Waals surface area (Å²) in [5, 5.41) is 18.0. The Bertz CT molecular complexity index is 642. The Kier molecular flexibility index (Phi) is 3.54. The fraction of sp³-hybridized carbons (Fsp3) is 0.462. The number of thiophene rings is 1. The van der Waals surface area contributed by atoms with E-state index in [4.69, 9.17) is 5.73 Å². The highest BCUT2D eigenvalue weighted by Crippen LogP contribution is 2.33. The number of piperidine rings is 1. The van der Waals surface area contributed by atoms with Gasteiger partial charge in [0.1, 0.15) is 9.71 Å². The molecule has 0 aromatic carbocycles. The summed E-state index contributed by atoms with van der Waals surface area (Å²) in [5.41, 5.74) is 6.53. The summed E-state index contributed by atoms with van der Waals surface area (Å²) in [6, 6.07) is 1.66. The SMILES string of the molecule is Nc1c(C(=O)N2CCCCC2CO)sc2nnccc12. The second kappa shape index (κ2) is 5.34. The highest BCUT2D eigenvalue weighted by atomic mass is 32.1. The van der Waals surface area contributed by atoms with Crippen LogP contribution in [0.1, 0.15) is 28.9 Å². The molecular formula is C13H16N4O2S. The highest BCUT2D eigenvalue weighted by Gasteiger charge is 2.29. The molecule has 0 aliphatic carbocycles. The van der Waals surface area contributed by atoms with Crippen molar-refractivity contribution in [2.45, 2.75) is 25.3 Å². The van der Waals surface area contributed by atoms with Crippen molar-refractivity contribution in [2.75, 3.05) is 18.9 Å². The van der Waals surface area contributed by atoms with Crippen molar-refractivity contribution in [3.63, 3.8) is 0 Å². The third-order valence-electron chi connectivity index (χ3n) is 3.71. The molecule has 3 heterocycles. The van der Waals surface area contributed by atoms with E-state index in [0.29, 0.717) is 21.9 Å². The average molecular weight is 292 g/mol. The van der Waals surface area contributed by atoms with Crippen LogP contribution in [0, 0.1) is 0 Å². The van der Waals surface area contributed by atoms with Gasteiger partial charge in [-0.15, -0.1) is 16.4 Å². The van der Waals surface area contributed by atoms with Crippen molar-refractivity contribution < 1.29 is 9.90 Å². The zero-order valence-corrected chi connectivity index (χ0v) is 11.8. The normalized spacial score (nSPS) is 19.4. The largest absolute Gasteiger partial charge is 0.397 e. The lowest BCUT2D eigenvalue weighted by Gasteiger charge is -2.34. The molecule has 1 amide bonds. The molecule has 3 rings (SSSR count). The van der Waals surface area contributed by atoms with Gasteiger partial charge in [-0.25, -0.2) is 0 Å². The van der Waals surface area contributed by atoms with Crippen LogP contribution in [0.25, 0.3) is 10.2 Å². The number of carbonyl (C=O) groups excluding carboxylic acids is 1. The molecule has 2 aromatic heterocycles. The van der Waals surface area contributed by atoms with Crippen LogP contribution in [0.2, 0.25) is 0 Å². The van der Waals surface area contributed by atoms with Crippen LogP contribution in [0.5, 0.6) is 0 Å². The van der Waals surface area contributed by atoms with Crippen LogP contribution in [-0.2, 0) is 0 Å². The average Bonchev–Trinajstić information content (AvgIpc) is 2.84. The zero-order chi connectivity index (χ0) is 14.1. The van der Waals surface area contributed by atoms with Crippen LogP contribution < -0.4 is 5.73 Å². The molecule has 6 nitrogen and oxygen atoms in total. The van der Waals surface area contributed by atoms with E-state index in [9.17, 15) is 9.90 Å². The Morgan fingerprint density at radius 2 is 2.40 bits per heavy atom. The Balaban J connectivity index is 1.97. The fourth-order valence-corrected chi connectivity index (χ4v) is 3.61. The maximum Gasteiger partial charge on any atom is 0.266 e. The third kappa shape index (κ3) is 2.12. The topological polar surface area (TPSA) is 92.3 Å². The van der Waals surface area contributed by atoms with E-state index in [0.717, 1.165) is 24.6 Å². The molecule has 7 heteroatoms. The zero-order valence-electron chi connectivity index (χ0n) is 11.0. The number of amides is 1. The summed E-state index contributed by atoms with van der Waals surface area (Å²) in [6.07, 6.45) is 4.42. The first-order valence-electron chi connectivity index (χ1n) is 6.64. The standard InChI is InChI=1S/C13H16N4O2S/c14-10-9-4-5-15-16-12(9)20-11(10)13(19)17-6-2-1-3-8(17)7-18/h4-5,8,18H,1-3,6-7,14H2. The van der Waals surface area contributed by atoms with Crippen molar-refractivity contribution in [2.24, 2.45) is 0 Å². The van der Waals surface area contributed by atoms with Gasteiger partial charge in [0.25, 0.3) is 5.91 Å². The van der Waals surface area contributed by atoms with Crippen molar-refractivity contribution in [1.29, 1.82) is 0 Å². The van der Waals surface area contributed by atoms with E-state index in [1.807, 2.05) is 0 Å². The second-order valence-electron chi connectivity index (χ2n) is 4.93. The molecule has 0 bridgehead atoms. The molecule has 1 saturated heterocycles. The fourth-order valence-electron chi connectivity index (χ4n) is 2.62. The number of aliphatic hydroxyl groups is 1. The highest BCUT2D eigenvalue weighted by molar-refractivity contribution is 7.21. The summed E-state index contributed by atoms with van der Waals surface area (Å²) in [7, 11) is 0. The number of nitrogens with zero attached hydrogens (tertiary/aromatic N) is 3. The van der Waals surface area contributed by atoms with Gasteiger partial charge in [0.05, 0.1) is 24.5 Å². The number of carbonyl (C=O) groups is 1. The maximum atomic E-state index is 12.7. The molecule has 0 spiro atoms. The van der Waals surface area contributed by atoms with E-state index >= 15 is 0 Å². The predicted molar refractivity (Wildman–Crippen MR) is 77.6 cm³/mol. The number of aliphatic hydroxyl groups excluding tert-OH is 1. The number of nitrogen functional groups attached to an aromatic ring is 1. The van der Waals surface area contributed by atoms with Crippen LogP contribution in [0.3, 0.4) is 0 Å². The Morgan fingerprint density at radius 1 is 1.55 bits per heavy atom. The number of anilines is 1. The molecule has 1 fully saturated rings. The minimum atomic E-state index is -0.107. The quantitative estimate of drug-likeness (QED) is 0.869. The van der Waals surface area contributed by atoms with Gasteiger partial charge in [0.15, 0.2) is 0 Å². The summed E-state index contributed by atoms with van der Waals surface area (Å²) < 4.78 is 0. The number of nitrogens with two attached hydrogens (primary N) is 1. The number of likely N-dealkylation sites (tertiary alicyclic amines) is 1.